The van der Waals surface area contributed by atoms with E-state index in [-0.39, 0.29) is 12.2 Å². The fourth-order valence-electron chi connectivity index (χ4n) is 2.15. The average Bonchev–Trinajstić information content (AvgIpc) is 2.69. The van der Waals surface area contributed by atoms with Crippen molar-refractivity contribution in [2.45, 2.75) is 6.61 Å². The van der Waals surface area contributed by atoms with Crippen LogP contribution in [0.2, 0.25) is 0 Å². The maximum absolute atomic E-state index is 11.8. The van der Waals surface area contributed by atoms with E-state index in [1.807, 2.05) is 36.4 Å². The molecule has 5 nitrogen and oxygen atoms in total. The summed E-state index contributed by atoms with van der Waals surface area (Å²) < 4.78 is 16.0. The molecule has 0 amide bonds. The summed E-state index contributed by atoms with van der Waals surface area (Å²) in [5.41, 5.74) is 1.54. The van der Waals surface area contributed by atoms with Crippen molar-refractivity contribution in [3.05, 3.63) is 77.9 Å². The summed E-state index contributed by atoms with van der Waals surface area (Å²) in [5, 5.41) is 9.18. The van der Waals surface area contributed by atoms with E-state index in [1.165, 1.54) is 12.2 Å². The van der Waals surface area contributed by atoms with Crippen LogP contribution < -0.4 is 9.47 Å². The van der Waals surface area contributed by atoms with Crippen LogP contribution in [0.15, 0.2) is 66.8 Å². The van der Waals surface area contributed by atoms with E-state index < -0.39 is 5.97 Å². The quantitative estimate of drug-likeness (QED) is 0.313. The van der Waals surface area contributed by atoms with Crippen LogP contribution in [0.25, 0.3) is 6.08 Å². The summed E-state index contributed by atoms with van der Waals surface area (Å²) in [4.78, 5) is 11.8. The number of rotatable bonds is 8. The number of nitriles is 1. The molecule has 0 aliphatic rings. The first-order valence-electron chi connectivity index (χ1n) is 7.92. The summed E-state index contributed by atoms with van der Waals surface area (Å²) in [5.74, 6) is 0.377. The largest absolute Gasteiger partial charge is 0.493 e. The van der Waals surface area contributed by atoms with Gasteiger partial charge in [-0.15, -0.1) is 0 Å². The number of nitrogens with zero attached hydrogens (tertiary/aromatic N) is 1. The first-order valence-corrected chi connectivity index (χ1v) is 7.92. The normalized spacial score (nSPS) is 10.5. The molecule has 0 spiro atoms. The Balaban J connectivity index is 2.22. The van der Waals surface area contributed by atoms with Crippen molar-refractivity contribution in [2.24, 2.45) is 0 Å². The van der Waals surface area contributed by atoms with Crippen LogP contribution in [-0.4, -0.2) is 19.7 Å². The van der Waals surface area contributed by atoms with Gasteiger partial charge in [0.15, 0.2) is 11.5 Å². The van der Waals surface area contributed by atoms with Crippen molar-refractivity contribution in [2.75, 3.05) is 13.7 Å². The van der Waals surface area contributed by atoms with Crippen LogP contribution in [0.5, 0.6) is 11.5 Å². The minimum Gasteiger partial charge on any atom is -0.493 e. The molecule has 0 atom stereocenters. The molecular formula is C21H19NO4. The molecular weight excluding hydrogens is 330 g/mol. The van der Waals surface area contributed by atoms with Crippen LogP contribution in [0.3, 0.4) is 0 Å². The van der Waals surface area contributed by atoms with Crippen molar-refractivity contribution in [1.82, 2.24) is 0 Å². The molecule has 0 saturated heterocycles. The van der Waals surface area contributed by atoms with E-state index in [1.54, 1.807) is 25.3 Å². The Labute approximate surface area is 152 Å². The summed E-state index contributed by atoms with van der Waals surface area (Å²) in [6, 6.07) is 16.7. The van der Waals surface area contributed by atoms with E-state index in [0.717, 1.165) is 5.56 Å². The summed E-state index contributed by atoms with van der Waals surface area (Å²) in [6.07, 6.45) is 2.88. The van der Waals surface area contributed by atoms with Gasteiger partial charge in [0, 0.05) is 0 Å². The lowest BCUT2D eigenvalue weighted by Gasteiger charge is -2.11. The van der Waals surface area contributed by atoms with Gasteiger partial charge in [0.2, 0.25) is 0 Å². The second-order valence-electron chi connectivity index (χ2n) is 5.24. The highest BCUT2D eigenvalue weighted by Gasteiger charge is 2.11. The lowest BCUT2D eigenvalue weighted by atomic mass is 10.1. The van der Waals surface area contributed by atoms with Gasteiger partial charge in [-0.05, 0) is 29.3 Å². The fourth-order valence-corrected chi connectivity index (χ4v) is 2.15. The maximum Gasteiger partial charge on any atom is 0.349 e. The molecule has 0 unspecified atom stereocenters. The number of ether oxygens (including phenoxy) is 3. The molecule has 132 valence electrons. The third-order valence-electron chi connectivity index (χ3n) is 3.41. The van der Waals surface area contributed by atoms with Crippen LogP contribution >= 0.6 is 0 Å². The number of methoxy groups -OCH3 is 1. The van der Waals surface area contributed by atoms with Crippen LogP contribution in [0.1, 0.15) is 11.1 Å². The minimum atomic E-state index is -0.699. The Bertz CT molecular complexity index is 835. The summed E-state index contributed by atoms with van der Waals surface area (Å²) >= 11 is 0. The van der Waals surface area contributed by atoms with Gasteiger partial charge in [-0.1, -0.05) is 49.1 Å². The summed E-state index contributed by atoms with van der Waals surface area (Å²) in [6.45, 7) is 3.89. The standard InChI is InChI=1S/C21H19NO4/c1-3-11-25-21(23)18(14-22)12-17-9-10-19(24-2)20(13-17)26-15-16-7-5-4-6-8-16/h3-10,12-13H,1,11,15H2,2H3/b18-12+. The molecule has 0 aromatic heterocycles. The topological polar surface area (TPSA) is 68.6 Å². The first kappa shape index (κ1) is 18.8. The van der Waals surface area contributed by atoms with E-state index in [0.29, 0.717) is 23.7 Å². The molecule has 0 heterocycles. The Kier molecular flexibility index (Phi) is 7.02. The third kappa shape index (κ3) is 5.25. The molecule has 0 N–H and O–H groups in total. The number of hydrogen-bond acceptors (Lipinski definition) is 5. The predicted octanol–water partition coefficient (Wildman–Crippen LogP) is 3.91. The number of benzene rings is 2. The molecule has 2 aromatic rings. The molecule has 0 bridgehead atoms. The van der Waals surface area contributed by atoms with Crippen LogP contribution in [0.4, 0.5) is 0 Å². The van der Waals surface area contributed by atoms with E-state index in [2.05, 4.69) is 6.58 Å². The second kappa shape index (κ2) is 9.70. The second-order valence-corrected chi connectivity index (χ2v) is 5.24. The van der Waals surface area contributed by atoms with Crippen LogP contribution in [-0.2, 0) is 16.1 Å². The van der Waals surface area contributed by atoms with Gasteiger partial charge >= 0.3 is 5.97 Å². The number of esters is 1. The van der Waals surface area contributed by atoms with Crippen molar-refractivity contribution in [3.63, 3.8) is 0 Å². The molecule has 0 aliphatic carbocycles. The lowest BCUT2D eigenvalue weighted by Crippen LogP contribution is -2.06. The van der Waals surface area contributed by atoms with Gasteiger partial charge in [0.05, 0.1) is 7.11 Å². The Morgan fingerprint density at radius 1 is 1.19 bits per heavy atom. The zero-order valence-corrected chi connectivity index (χ0v) is 14.5. The smallest absolute Gasteiger partial charge is 0.349 e. The summed E-state index contributed by atoms with van der Waals surface area (Å²) in [7, 11) is 1.55. The molecule has 0 radical (unpaired) electrons. The number of carbonyl (C=O) groups is 1. The average molecular weight is 349 g/mol. The molecule has 26 heavy (non-hydrogen) atoms. The minimum absolute atomic E-state index is 0.0475. The SMILES string of the molecule is C=CCOC(=O)/C(C#N)=C/c1ccc(OC)c(OCc2ccccc2)c1. The third-order valence-corrected chi connectivity index (χ3v) is 3.41. The molecule has 2 aromatic carbocycles. The maximum atomic E-state index is 11.8. The Hall–Kier alpha value is -3.52. The first-order chi connectivity index (χ1) is 12.7. The van der Waals surface area contributed by atoms with Crippen molar-refractivity contribution in [1.29, 1.82) is 5.26 Å². The van der Waals surface area contributed by atoms with Gasteiger partial charge in [0.1, 0.15) is 24.9 Å². The van der Waals surface area contributed by atoms with Gasteiger partial charge in [-0.3, -0.25) is 0 Å². The molecule has 0 fully saturated rings. The van der Waals surface area contributed by atoms with Crippen molar-refractivity contribution < 1.29 is 19.0 Å². The zero-order chi connectivity index (χ0) is 18.8. The molecule has 0 aliphatic heterocycles. The molecule has 0 saturated carbocycles. The van der Waals surface area contributed by atoms with Crippen molar-refractivity contribution >= 4 is 12.0 Å². The lowest BCUT2D eigenvalue weighted by molar-refractivity contribution is -0.137. The fraction of sp³-hybridized carbons (Fsp3) is 0.143. The van der Waals surface area contributed by atoms with Gasteiger partial charge in [-0.25, -0.2) is 4.79 Å². The van der Waals surface area contributed by atoms with Gasteiger partial charge in [0.25, 0.3) is 0 Å². The highest BCUT2D eigenvalue weighted by Crippen LogP contribution is 2.29. The van der Waals surface area contributed by atoms with Gasteiger partial charge in [-0.2, -0.15) is 5.26 Å². The highest BCUT2D eigenvalue weighted by molar-refractivity contribution is 5.98. The predicted molar refractivity (Wildman–Crippen MR) is 98.5 cm³/mol. The van der Waals surface area contributed by atoms with E-state index >= 15 is 0 Å². The van der Waals surface area contributed by atoms with Gasteiger partial charge < -0.3 is 14.2 Å². The number of carbonyl (C=O) groups excluding carboxylic acids is 1. The number of hydrogen-bond donors (Lipinski definition) is 0. The molecule has 5 heteroatoms. The van der Waals surface area contributed by atoms with Crippen molar-refractivity contribution in [3.8, 4) is 17.6 Å². The van der Waals surface area contributed by atoms with Crippen LogP contribution in [0, 0.1) is 11.3 Å². The highest BCUT2D eigenvalue weighted by atomic mass is 16.5. The monoisotopic (exact) mass is 349 g/mol. The zero-order valence-electron chi connectivity index (χ0n) is 14.5. The van der Waals surface area contributed by atoms with E-state index in [9.17, 15) is 10.1 Å². The Morgan fingerprint density at radius 3 is 2.62 bits per heavy atom. The molecule has 2 rings (SSSR count). The Morgan fingerprint density at radius 2 is 1.96 bits per heavy atom. The van der Waals surface area contributed by atoms with E-state index in [4.69, 9.17) is 14.2 Å².